The number of para-hydroxylation sites is 1. The SMILES string of the molecule is Cc1ccccc1Nc1nc2ccc(CC(=O)N3CC=C[C@H]3COc3ccc(C=O)cc3)cc2o1. The second-order valence-electron chi connectivity index (χ2n) is 8.48. The van der Waals surface area contributed by atoms with Crippen LogP contribution in [0.25, 0.3) is 11.1 Å². The molecule has 0 saturated carbocycles. The molecule has 176 valence electrons. The fourth-order valence-electron chi connectivity index (χ4n) is 4.06. The van der Waals surface area contributed by atoms with Crippen LogP contribution in [0.15, 0.2) is 83.3 Å². The third-order valence-electron chi connectivity index (χ3n) is 6.01. The highest BCUT2D eigenvalue weighted by atomic mass is 16.5. The molecule has 7 heteroatoms. The first-order chi connectivity index (χ1) is 17.1. The van der Waals surface area contributed by atoms with Crippen LogP contribution in [0.3, 0.4) is 0 Å². The van der Waals surface area contributed by atoms with Crippen molar-refractivity contribution >= 4 is 35.0 Å². The Labute approximate surface area is 203 Å². The van der Waals surface area contributed by atoms with Gasteiger partial charge in [0.2, 0.25) is 5.91 Å². The Morgan fingerprint density at radius 2 is 2.00 bits per heavy atom. The number of benzene rings is 3. The summed E-state index contributed by atoms with van der Waals surface area (Å²) in [7, 11) is 0. The van der Waals surface area contributed by atoms with Crippen molar-refractivity contribution in [3.05, 3.63) is 95.6 Å². The number of carbonyl (C=O) groups is 2. The van der Waals surface area contributed by atoms with Crippen LogP contribution >= 0.6 is 0 Å². The highest BCUT2D eigenvalue weighted by molar-refractivity contribution is 5.82. The van der Waals surface area contributed by atoms with Gasteiger partial charge < -0.3 is 19.4 Å². The number of nitrogens with zero attached hydrogens (tertiary/aromatic N) is 2. The molecular weight excluding hydrogens is 442 g/mol. The van der Waals surface area contributed by atoms with Gasteiger partial charge in [0.1, 0.15) is 24.2 Å². The van der Waals surface area contributed by atoms with Gasteiger partial charge in [0.25, 0.3) is 6.01 Å². The molecule has 0 aliphatic carbocycles. The van der Waals surface area contributed by atoms with Gasteiger partial charge >= 0.3 is 0 Å². The summed E-state index contributed by atoms with van der Waals surface area (Å²) in [6, 6.07) is 20.8. The van der Waals surface area contributed by atoms with Gasteiger partial charge in [-0.3, -0.25) is 9.59 Å². The van der Waals surface area contributed by atoms with E-state index in [2.05, 4.69) is 10.3 Å². The predicted molar refractivity (Wildman–Crippen MR) is 134 cm³/mol. The first-order valence-corrected chi connectivity index (χ1v) is 11.5. The Bertz CT molecular complexity index is 1390. The number of ether oxygens (including phenoxy) is 1. The average Bonchev–Trinajstić information content (AvgIpc) is 3.51. The van der Waals surface area contributed by atoms with Gasteiger partial charge in [0.15, 0.2) is 5.58 Å². The number of aryl methyl sites for hydroxylation is 1. The smallest absolute Gasteiger partial charge is 0.300 e. The number of hydrogen-bond donors (Lipinski definition) is 1. The van der Waals surface area contributed by atoms with Crippen molar-refractivity contribution in [2.24, 2.45) is 0 Å². The summed E-state index contributed by atoms with van der Waals surface area (Å²) >= 11 is 0. The van der Waals surface area contributed by atoms with Gasteiger partial charge in [-0.15, -0.1) is 0 Å². The van der Waals surface area contributed by atoms with Crippen molar-refractivity contribution in [3.63, 3.8) is 0 Å². The number of carbonyl (C=O) groups excluding carboxylic acids is 2. The van der Waals surface area contributed by atoms with Gasteiger partial charge in [-0.1, -0.05) is 36.4 Å². The van der Waals surface area contributed by atoms with Crippen LogP contribution < -0.4 is 10.1 Å². The summed E-state index contributed by atoms with van der Waals surface area (Å²) in [6.45, 7) is 2.91. The standard InChI is InChI=1S/C28H25N3O4/c1-19-5-2-3-7-24(19)29-28-30-25-13-10-21(15-26(25)35-28)16-27(33)31-14-4-6-22(31)18-34-23-11-8-20(17-32)9-12-23/h2-13,15,17,22H,14,16,18H2,1H3,(H,29,30)/t22-/m0/s1. The minimum absolute atomic E-state index is 0.0111. The van der Waals surface area contributed by atoms with Crippen molar-refractivity contribution in [1.82, 2.24) is 9.88 Å². The van der Waals surface area contributed by atoms with Gasteiger partial charge in [0, 0.05) is 17.8 Å². The molecule has 4 aromatic rings. The van der Waals surface area contributed by atoms with E-state index >= 15 is 0 Å². The molecule has 1 aliphatic rings. The number of aromatic nitrogens is 1. The number of nitrogens with one attached hydrogen (secondary N) is 1. The number of anilines is 2. The van der Waals surface area contributed by atoms with E-state index < -0.39 is 0 Å². The van der Waals surface area contributed by atoms with E-state index in [1.807, 2.05) is 61.5 Å². The third-order valence-corrected chi connectivity index (χ3v) is 6.01. The molecule has 0 spiro atoms. The molecule has 0 fully saturated rings. The lowest BCUT2D eigenvalue weighted by atomic mass is 10.1. The van der Waals surface area contributed by atoms with Gasteiger partial charge in [0.05, 0.1) is 12.5 Å². The zero-order chi connectivity index (χ0) is 24.2. The van der Waals surface area contributed by atoms with Crippen LogP contribution in [0.4, 0.5) is 11.7 Å². The van der Waals surface area contributed by atoms with Crippen LogP contribution in [0, 0.1) is 6.92 Å². The minimum atomic E-state index is -0.146. The van der Waals surface area contributed by atoms with Crippen molar-refractivity contribution in [1.29, 1.82) is 0 Å². The molecule has 0 bridgehead atoms. The Morgan fingerprint density at radius 3 is 2.80 bits per heavy atom. The Morgan fingerprint density at radius 1 is 1.17 bits per heavy atom. The molecule has 1 aromatic heterocycles. The lowest BCUT2D eigenvalue weighted by Crippen LogP contribution is -2.40. The maximum Gasteiger partial charge on any atom is 0.300 e. The molecule has 0 unspecified atom stereocenters. The van der Waals surface area contributed by atoms with Gasteiger partial charge in [-0.2, -0.15) is 4.98 Å². The van der Waals surface area contributed by atoms with Gasteiger partial charge in [-0.05, 0) is 60.5 Å². The van der Waals surface area contributed by atoms with E-state index in [0.29, 0.717) is 36.1 Å². The third kappa shape index (κ3) is 5.09. The Hall–Kier alpha value is -4.39. The molecule has 0 saturated heterocycles. The van der Waals surface area contributed by atoms with E-state index in [1.54, 1.807) is 29.2 Å². The summed E-state index contributed by atoms with van der Waals surface area (Å²) in [6.07, 6.45) is 5.01. The van der Waals surface area contributed by atoms with Crippen molar-refractivity contribution < 1.29 is 18.7 Å². The lowest BCUT2D eigenvalue weighted by molar-refractivity contribution is -0.131. The van der Waals surface area contributed by atoms with Gasteiger partial charge in [-0.25, -0.2) is 0 Å². The zero-order valence-corrected chi connectivity index (χ0v) is 19.3. The summed E-state index contributed by atoms with van der Waals surface area (Å²) in [5.41, 5.74) is 4.84. The van der Waals surface area contributed by atoms with E-state index in [9.17, 15) is 9.59 Å². The molecule has 1 N–H and O–H groups in total. The first-order valence-electron chi connectivity index (χ1n) is 11.5. The highest BCUT2D eigenvalue weighted by Gasteiger charge is 2.25. The number of oxazole rings is 1. The van der Waals surface area contributed by atoms with E-state index in [1.165, 1.54) is 0 Å². The van der Waals surface area contributed by atoms with Crippen LogP contribution in [0.1, 0.15) is 21.5 Å². The fourth-order valence-corrected chi connectivity index (χ4v) is 4.06. The molecule has 35 heavy (non-hydrogen) atoms. The molecule has 7 nitrogen and oxygen atoms in total. The summed E-state index contributed by atoms with van der Waals surface area (Å²) in [5, 5.41) is 3.21. The summed E-state index contributed by atoms with van der Waals surface area (Å²) < 4.78 is 11.7. The molecular formula is C28H25N3O4. The normalized spacial score (nSPS) is 14.9. The van der Waals surface area contributed by atoms with Crippen LogP contribution in [0.5, 0.6) is 5.75 Å². The monoisotopic (exact) mass is 467 g/mol. The van der Waals surface area contributed by atoms with Crippen molar-refractivity contribution in [2.45, 2.75) is 19.4 Å². The minimum Gasteiger partial charge on any atom is -0.491 e. The molecule has 5 rings (SSSR count). The highest BCUT2D eigenvalue weighted by Crippen LogP contribution is 2.25. The molecule has 0 radical (unpaired) electrons. The topological polar surface area (TPSA) is 84.7 Å². The maximum atomic E-state index is 13.1. The molecule has 1 aliphatic heterocycles. The molecule has 1 amide bonds. The molecule has 3 aromatic carbocycles. The number of fused-ring (bicyclic) bond motifs is 1. The first kappa shape index (κ1) is 22.4. The van der Waals surface area contributed by atoms with Crippen molar-refractivity contribution in [3.8, 4) is 5.75 Å². The Balaban J connectivity index is 1.22. The second-order valence-corrected chi connectivity index (χ2v) is 8.48. The number of hydrogen-bond acceptors (Lipinski definition) is 6. The molecule has 1 atom stereocenters. The van der Waals surface area contributed by atoms with E-state index in [-0.39, 0.29) is 18.4 Å². The lowest BCUT2D eigenvalue weighted by Gasteiger charge is -2.25. The Kier molecular flexibility index (Phi) is 6.30. The second kappa shape index (κ2) is 9.85. The van der Waals surface area contributed by atoms with E-state index in [4.69, 9.17) is 9.15 Å². The van der Waals surface area contributed by atoms with Crippen molar-refractivity contribution in [2.75, 3.05) is 18.5 Å². The fraction of sp³-hybridized carbons (Fsp3) is 0.179. The van der Waals surface area contributed by atoms with Crippen LogP contribution in [-0.4, -0.2) is 41.3 Å². The van der Waals surface area contributed by atoms with Crippen LogP contribution in [-0.2, 0) is 11.2 Å². The van der Waals surface area contributed by atoms with Crippen LogP contribution in [0.2, 0.25) is 0 Å². The number of amides is 1. The number of aldehydes is 1. The molecule has 2 heterocycles. The van der Waals surface area contributed by atoms with E-state index in [0.717, 1.165) is 28.6 Å². The quantitative estimate of drug-likeness (QED) is 0.287. The predicted octanol–water partition coefficient (Wildman–Crippen LogP) is 5.08. The summed E-state index contributed by atoms with van der Waals surface area (Å²) in [4.78, 5) is 30.2. The summed E-state index contributed by atoms with van der Waals surface area (Å²) in [5.74, 6) is 0.672. The zero-order valence-electron chi connectivity index (χ0n) is 19.3. The maximum absolute atomic E-state index is 13.1. The largest absolute Gasteiger partial charge is 0.491 e. The average molecular weight is 468 g/mol. The number of rotatable bonds is 8.